The van der Waals surface area contributed by atoms with Gasteiger partial charge in [-0.15, -0.1) is 0 Å². The number of allylic oxidation sites excluding steroid dienone is 16. The van der Waals surface area contributed by atoms with Crippen molar-refractivity contribution >= 4 is 17.9 Å². The molecule has 0 spiro atoms. The fourth-order valence-electron chi connectivity index (χ4n) is 7.77. The van der Waals surface area contributed by atoms with Gasteiger partial charge in [0, 0.05) is 19.3 Å². The molecule has 0 saturated carbocycles. The summed E-state index contributed by atoms with van der Waals surface area (Å²) in [5.41, 5.74) is 0. The lowest BCUT2D eigenvalue weighted by molar-refractivity contribution is -0.167. The molecule has 0 unspecified atom stereocenters. The molecule has 0 aromatic carbocycles. The van der Waals surface area contributed by atoms with Crippen molar-refractivity contribution in [3.8, 4) is 0 Å². The third kappa shape index (κ3) is 55.1. The minimum atomic E-state index is -0.810. The molecular formula is C63H106O6. The number of carbonyl (C=O) groups is 3. The fourth-order valence-corrected chi connectivity index (χ4v) is 7.77. The Hall–Kier alpha value is -3.67. The number of ether oxygens (including phenoxy) is 3. The molecule has 0 aromatic rings. The van der Waals surface area contributed by atoms with Gasteiger partial charge in [0.15, 0.2) is 6.10 Å². The van der Waals surface area contributed by atoms with Gasteiger partial charge in [-0.1, -0.05) is 240 Å². The van der Waals surface area contributed by atoms with Crippen molar-refractivity contribution in [2.45, 2.75) is 271 Å². The highest BCUT2D eigenvalue weighted by Gasteiger charge is 2.19. The Morgan fingerprint density at radius 1 is 0.304 bits per heavy atom. The van der Waals surface area contributed by atoms with E-state index in [1.54, 1.807) is 0 Å². The van der Waals surface area contributed by atoms with Crippen LogP contribution in [0.3, 0.4) is 0 Å². The molecule has 0 amide bonds. The van der Waals surface area contributed by atoms with Crippen molar-refractivity contribution in [3.05, 3.63) is 97.2 Å². The molecule has 1 atom stereocenters. The standard InChI is InChI=1S/C63H106O6/c1-4-7-10-13-16-19-22-25-28-30-31-33-36-39-42-45-48-51-54-57-63(66)69-60(58-67-61(64)55-52-49-46-43-40-37-34-27-24-21-18-15-12-9-6-3)59-68-62(65)56-53-50-47-44-41-38-35-32-29-26-23-20-17-14-11-8-5-2/h7,10,16,18-19,21,25,27-28,31,33-34,39-40,42-43,60H,4-6,8-9,11-15,17,20,22-24,26,29-30,32,35-38,41,44-59H2,1-3H3/b10-7-,19-16-,21-18-,28-25-,33-31-,34-27-,42-39-,43-40-/t60-/m1/s1. The van der Waals surface area contributed by atoms with Crippen LogP contribution in [0.1, 0.15) is 265 Å². The number of hydrogen-bond acceptors (Lipinski definition) is 6. The molecule has 0 bridgehead atoms. The fraction of sp³-hybridized carbons (Fsp3) is 0.698. The quantitative estimate of drug-likeness (QED) is 0.0262. The van der Waals surface area contributed by atoms with Crippen LogP contribution in [0.5, 0.6) is 0 Å². The number of rotatable bonds is 51. The van der Waals surface area contributed by atoms with Gasteiger partial charge in [-0.2, -0.15) is 0 Å². The highest BCUT2D eigenvalue weighted by molar-refractivity contribution is 5.71. The summed E-state index contributed by atoms with van der Waals surface area (Å²) in [4.78, 5) is 38.1. The van der Waals surface area contributed by atoms with Gasteiger partial charge in [0.05, 0.1) is 0 Å². The van der Waals surface area contributed by atoms with E-state index in [1.807, 2.05) is 0 Å². The lowest BCUT2D eigenvalue weighted by atomic mass is 10.0. The van der Waals surface area contributed by atoms with Crippen LogP contribution >= 0.6 is 0 Å². The molecule has 0 N–H and O–H groups in total. The molecule has 0 aliphatic rings. The van der Waals surface area contributed by atoms with E-state index in [0.717, 1.165) is 109 Å². The largest absolute Gasteiger partial charge is 0.462 e. The van der Waals surface area contributed by atoms with E-state index in [2.05, 4.69) is 118 Å². The van der Waals surface area contributed by atoms with Crippen molar-refractivity contribution in [2.24, 2.45) is 0 Å². The molecular weight excluding hydrogens is 853 g/mol. The third-order valence-electron chi connectivity index (χ3n) is 12.1. The number of carbonyl (C=O) groups excluding carboxylic acids is 3. The Kier molecular flexibility index (Phi) is 53.9. The molecule has 6 nitrogen and oxygen atoms in total. The van der Waals surface area contributed by atoms with Gasteiger partial charge in [0.2, 0.25) is 0 Å². The lowest BCUT2D eigenvalue weighted by Crippen LogP contribution is -2.30. The van der Waals surface area contributed by atoms with E-state index in [-0.39, 0.29) is 37.5 Å². The molecule has 6 heteroatoms. The molecule has 0 saturated heterocycles. The smallest absolute Gasteiger partial charge is 0.306 e. The summed E-state index contributed by atoms with van der Waals surface area (Å²) in [7, 11) is 0. The monoisotopic (exact) mass is 959 g/mol. The highest BCUT2D eigenvalue weighted by atomic mass is 16.6. The second-order valence-corrected chi connectivity index (χ2v) is 18.8. The average Bonchev–Trinajstić information content (AvgIpc) is 3.35. The molecule has 69 heavy (non-hydrogen) atoms. The summed E-state index contributed by atoms with van der Waals surface area (Å²) in [6.07, 6.45) is 75.4. The van der Waals surface area contributed by atoms with E-state index in [0.29, 0.717) is 12.8 Å². The summed E-state index contributed by atoms with van der Waals surface area (Å²) in [6, 6.07) is 0. The number of unbranched alkanes of at least 4 members (excludes halogenated alkanes) is 24. The van der Waals surface area contributed by atoms with E-state index in [4.69, 9.17) is 14.2 Å². The maximum atomic E-state index is 12.9. The van der Waals surface area contributed by atoms with Gasteiger partial charge < -0.3 is 14.2 Å². The molecule has 0 aromatic heterocycles. The van der Waals surface area contributed by atoms with Gasteiger partial charge in [0.1, 0.15) is 13.2 Å². The lowest BCUT2D eigenvalue weighted by Gasteiger charge is -2.18. The molecule has 0 aliphatic carbocycles. The van der Waals surface area contributed by atoms with Crippen molar-refractivity contribution in [1.82, 2.24) is 0 Å². The Morgan fingerprint density at radius 3 is 0.942 bits per heavy atom. The molecule has 0 heterocycles. The van der Waals surface area contributed by atoms with Crippen LogP contribution in [-0.4, -0.2) is 37.2 Å². The first-order valence-electron chi connectivity index (χ1n) is 28.7. The van der Waals surface area contributed by atoms with E-state index in [9.17, 15) is 14.4 Å². The number of esters is 3. The van der Waals surface area contributed by atoms with Crippen LogP contribution in [0, 0.1) is 0 Å². The van der Waals surface area contributed by atoms with E-state index < -0.39 is 6.10 Å². The second-order valence-electron chi connectivity index (χ2n) is 18.8. The summed E-state index contributed by atoms with van der Waals surface area (Å²) < 4.78 is 16.8. The van der Waals surface area contributed by atoms with Crippen LogP contribution in [0.25, 0.3) is 0 Å². The third-order valence-corrected chi connectivity index (χ3v) is 12.1. The Labute approximate surface area is 426 Å². The molecule has 0 radical (unpaired) electrons. The highest BCUT2D eigenvalue weighted by Crippen LogP contribution is 2.15. The minimum Gasteiger partial charge on any atom is -0.462 e. The van der Waals surface area contributed by atoms with Crippen LogP contribution < -0.4 is 0 Å². The predicted octanol–water partition coefficient (Wildman–Crippen LogP) is 19.3. The topological polar surface area (TPSA) is 78.9 Å². The zero-order valence-corrected chi connectivity index (χ0v) is 45.0. The van der Waals surface area contributed by atoms with Gasteiger partial charge in [0.25, 0.3) is 0 Å². The second kappa shape index (κ2) is 56.9. The molecule has 0 fully saturated rings. The zero-order chi connectivity index (χ0) is 50.0. The molecule has 0 rings (SSSR count). The maximum absolute atomic E-state index is 12.9. The Bertz CT molecular complexity index is 1380. The van der Waals surface area contributed by atoms with Crippen molar-refractivity contribution < 1.29 is 28.6 Å². The van der Waals surface area contributed by atoms with Crippen LogP contribution in [0.4, 0.5) is 0 Å². The van der Waals surface area contributed by atoms with Crippen molar-refractivity contribution in [3.63, 3.8) is 0 Å². The number of hydrogen-bond donors (Lipinski definition) is 0. The minimum absolute atomic E-state index is 0.102. The normalized spacial score (nSPS) is 12.8. The predicted molar refractivity (Wildman–Crippen MR) is 297 cm³/mol. The summed E-state index contributed by atoms with van der Waals surface area (Å²) in [5, 5.41) is 0. The van der Waals surface area contributed by atoms with Gasteiger partial charge in [-0.25, -0.2) is 0 Å². The summed E-state index contributed by atoms with van der Waals surface area (Å²) >= 11 is 0. The van der Waals surface area contributed by atoms with E-state index in [1.165, 1.54) is 116 Å². The van der Waals surface area contributed by atoms with Gasteiger partial charge in [-0.3, -0.25) is 14.4 Å². The Morgan fingerprint density at radius 2 is 0.565 bits per heavy atom. The average molecular weight is 960 g/mol. The maximum Gasteiger partial charge on any atom is 0.306 e. The first-order chi connectivity index (χ1) is 34.0. The van der Waals surface area contributed by atoms with Crippen LogP contribution in [0.2, 0.25) is 0 Å². The Balaban J connectivity index is 4.50. The van der Waals surface area contributed by atoms with Gasteiger partial charge >= 0.3 is 17.9 Å². The molecule has 0 aliphatic heterocycles. The van der Waals surface area contributed by atoms with Crippen LogP contribution in [0.15, 0.2) is 97.2 Å². The van der Waals surface area contributed by atoms with Gasteiger partial charge in [-0.05, 0) is 103 Å². The summed E-state index contributed by atoms with van der Waals surface area (Å²) in [6.45, 7) is 6.45. The summed E-state index contributed by atoms with van der Waals surface area (Å²) in [5.74, 6) is -0.970. The first-order valence-corrected chi connectivity index (χ1v) is 28.7. The van der Waals surface area contributed by atoms with Crippen molar-refractivity contribution in [2.75, 3.05) is 13.2 Å². The van der Waals surface area contributed by atoms with E-state index >= 15 is 0 Å². The zero-order valence-electron chi connectivity index (χ0n) is 45.0. The van der Waals surface area contributed by atoms with Crippen LogP contribution in [-0.2, 0) is 28.6 Å². The molecule has 394 valence electrons. The first kappa shape index (κ1) is 65.3. The SMILES string of the molecule is CC/C=C\C/C=C\C/C=C\C/C=C\C/C=C\CCCCCC(=O)O[C@H](COC(=O)CCCC/C=C\C/C=C\C/C=C\CCCCC)COC(=O)CCCCCCCCCCCCCCCCCCC. The van der Waals surface area contributed by atoms with Crippen molar-refractivity contribution in [1.29, 1.82) is 0 Å².